The van der Waals surface area contributed by atoms with Crippen molar-refractivity contribution in [2.24, 2.45) is 0 Å². The lowest BCUT2D eigenvalue weighted by Gasteiger charge is -2.12. The quantitative estimate of drug-likeness (QED) is 0.190. The lowest BCUT2D eigenvalue weighted by molar-refractivity contribution is -0.655. The van der Waals surface area contributed by atoms with Gasteiger partial charge in [0, 0.05) is 40.5 Å². The van der Waals surface area contributed by atoms with Crippen LogP contribution in [-0.2, 0) is 6.54 Å². The summed E-state index contributed by atoms with van der Waals surface area (Å²) >= 11 is 0. The molecule has 27 heavy (non-hydrogen) atoms. The number of anilines is 2. The Morgan fingerprint density at radius 2 is 1.52 bits per heavy atom. The summed E-state index contributed by atoms with van der Waals surface area (Å²) in [7, 11) is 0. The molecule has 4 aromatic rings. The number of rotatable bonds is 3. The molecule has 3 aromatic carbocycles. The largest absolute Gasteiger partial charge is 0.399 e. The van der Waals surface area contributed by atoms with Crippen molar-refractivity contribution in [3.63, 3.8) is 0 Å². The van der Waals surface area contributed by atoms with E-state index in [1.54, 1.807) is 12.1 Å². The number of nitrogens with two attached hydrogens (primary N) is 2. The van der Waals surface area contributed by atoms with E-state index in [1.165, 1.54) is 12.1 Å². The van der Waals surface area contributed by atoms with Crippen LogP contribution in [0.2, 0.25) is 0 Å². The van der Waals surface area contributed by atoms with Crippen molar-refractivity contribution in [1.29, 1.82) is 0 Å². The van der Waals surface area contributed by atoms with Gasteiger partial charge in [0.2, 0.25) is 11.2 Å². The van der Waals surface area contributed by atoms with Crippen molar-refractivity contribution in [2.45, 2.75) is 13.5 Å². The molecule has 6 heteroatoms. The van der Waals surface area contributed by atoms with Gasteiger partial charge in [-0.1, -0.05) is 6.07 Å². The number of fused-ring (bicyclic) bond motifs is 3. The van der Waals surface area contributed by atoms with E-state index in [2.05, 4.69) is 11.5 Å². The second-order valence-electron chi connectivity index (χ2n) is 6.48. The van der Waals surface area contributed by atoms with Gasteiger partial charge in [-0.2, -0.15) is 4.57 Å². The molecule has 6 nitrogen and oxygen atoms in total. The summed E-state index contributed by atoms with van der Waals surface area (Å²) in [5.74, 6) is 0. The number of nitro groups is 1. The molecule has 0 aliphatic heterocycles. The second-order valence-corrected chi connectivity index (χ2v) is 6.48. The average Bonchev–Trinajstić information content (AvgIpc) is 2.66. The van der Waals surface area contributed by atoms with Crippen LogP contribution in [0.15, 0.2) is 60.7 Å². The van der Waals surface area contributed by atoms with E-state index >= 15 is 0 Å². The number of aromatic nitrogens is 1. The predicted octanol–water partition coefficient (Wildman–Crippen LogP) is 4.04. The molecule has 0 spiro atoms. The zero-order chi connectivity index (χ0) is 19.1. The molecule has 0 saturated carbocycles. The summed E-state index contributed by atoms with van der Waals surface area (Å²) in [6.07, 6.45) is 0. The van der Waals surface area contributed by atoms with Gasteiger partial charge in [0.1, 0.15) is 6.54 Å². The number of hydrogen-bond acceptors (Lipinski definition) is 4. The second kappa shape index (κ2) is 6.25. The minimum Gasteiger partial charge on any atom is -0.399 e. The summed E-state index contributed by atoms with van der Waals surface area (Å²) in [5.41, 5.74) is 16.4. The fourth-order valence-electron chi connectivity index (χ4n) is 3.64. The van der Waals surface area contributed by atoms with Gasteiger partial charge in [-0.05, 0) is 43.3 Å². The average molecular weight is 359 g/mol. The minimum atomic E-state index is -0.394. The lowest BCUT2D eigenvalue weighted by Crippen LogP contribution is -2.36. The van der Waals surface area contributed by atoms with Crippen LogP contribution in [0.3, 0.4) is 0 Å². The Morgan fingerprint density at radius 1 is 0.889 bits per heavy atom. The molecule has 0 saturated heterocycles. The molecule has 0 radical (unpaired) electrons. The summed E-state index contributed by atoms with van der Waals surface area (Å²) in [5, 5.41) is 14.2. The van der Waals surface area contributed by atoms with Gasteiger partial charge in [-0.3, -0.25) is 10.1 Å². The van der Waals surface area contributed by atoms with Crippen molar-refractivity contribution >= 4 is 38.7 Å². The maximum atomic E-state index is 11.0. The van der Waals surface area contributed by atoms with Crippen LogP contribution >= 0.6 is 0 Å². The molecule has 1 heterocycles. The highest BCUT2D eigenvalue weighted by Crippen LogP contribution is 2.33. The summed E-state index contributed by atoms with van der Waals surface area (Å²) < 4.78 is 2.18. The van der Waals surface area contributed by atoms with Gasteiger partial charge < -0.3 is 11.5 Å². The molecule has 0 aliphatic carbocycles. The Morgan fingerprint density at radius 3 is 2.15 bits per heavy atom. The van der Waals surface area contributed by atoms with E-state index in [1.807, 2.05) is 36.4 Å². The first-order valence-electron chi connectivity index (χ1n) is 8.68. The van der Waals surface area contributed by atoms with Crippen molar-refractivity contribution in [3.05, 3.63) is 70.8 Å². The van der Waals surface area contributed by atoms with E-state index in [0.717, 1.165) is 39.5 Å². The maximum Gasteiger partial charge on any atom is 0.269 e. The summed E-state index contributed by atoms with van der Waals surface area (Å²) in [6.45, 7) is 2.78. The number of non-ortho nitro benzene ring substituents is 1. The van der Waals surface area contributed by atoms with Gasteiger partial charge in [0.05, 0.1) is 15.7 Å². The molecule has 4 N–H and O–H groups in total. The zero-order valence-electron chi connectivity index (χ0n) is 14.8. The fraction of sp³-hybridized carbons (Fsp3) is 0.0952. The molecule has 134 valence electrons. The first-order valence-corrected chi connectivity index (χ1v) is 8.68. The fourth-order valence-corrected chi connectivity index (χ4v) is 3.64. The highest BCUT2D eigenvalue weighted by atomic mass is 16.6. The van der Waals surface area contributed by atoms with Gasteiger partial charge in [-0.25, -0.2) is 0 Å². The number of aryl methyl sites for hydroxylation is 1. The van der Waals surface area contributed by atoms with Crippen LogP contribution in [0, 0.1) is 10.1 Å². The first kappa shape index (κ1) is 16.8. The minimum absolute atomic E-state index is 0.0654. The molecular weight excluding hydrogens is 340 g/mol. The van der Waals surface area contributed by atoms with Crippen molar-refractivity contribution < 1.29 is 9.49 Å². The first-order chi connectivity index (χ1) is 13.0. The van der Waals surface area contributed by atoms with Crippen molar-refractivity contribution in [3.8, 4) is 11.3 Å². The summed E-state index contributed by atoms with van der Waals surface area (Å²) in [4.78, 5) is 10.6. The third-order valence-electron chi connectivity index (χ3n) is 4.84. The number of nitrogens with zero attached hydrogens (tertiary/aromatic N) is 2. The van der Waals surface area contributed by atoms with Gasteiger partial charge >= 0.3 is 0 Å². The molecule has 0 atom stereocenters. The van der Waals surface area contributed by atoms with E-state index in [4.69, 9.17) is 11.5 Å². The van der Waals surface area contributed by atoms with Crippen LogP contribution < -0.4 is 16.0 Å². The summed E-state index contributed by atoms with van der Waals surface area (Å²) in [6, 6.07) is 18.3. The monoisotopic (exact) mass is 359 g/mol. The number of pyridine rings is 1. The Hall–Kier alpha value is -3.67. The lowest BCUT2D eigenvalue weighted by atomic mass is 9.98. The Bertz CT molecular complexity index is 1200. The molecule has 0 fully saturated rings. The molecule has 0 amide bonds. The third kappa shape index (κ3) is 2.71. The highest BCUT2D eigenvalue weighted by molar-refractivity contribution is 6.10. The molecule has 0 bridgehead atoms. The molecular formula is C21H19N4O2+. The number of nitro benzene ring substituents is 1. The zero-order valence-corrected chi connectivity index (χ0v) is 14.8. The van der Waals surface area contributed by atoms with Crippen LogP contribution in [0.1, 0.15) is 6.92 Å². The van der Waals surface area contributed by atoms with Crippen LogP contribution in [0.5, 0.6) is 0 Å². The number of hydrogen-bond donors (Lipinski definition) is 2. The van der Waals surface area contributed by atoms with E-state index in [0.29, 0.717) is 11.4 Å². The van der Waals surface area contributed by atoms with Crippen LogP contribution in [0.4, 0.5) is 17.1 Å². The van der Waals surface area contributed by atoms with E-state index < -0.39 is 4.92 Å². The molecule has 4 rings (SSSR count). The molecule has 0 unspecified atom stereocenters. The molecule has 0 aliphatic rings. The van der Waals surface area contributed by atoms with Gasteiger partial charge in [0.15, 0.2) is 0 Å². The highest BCUT2D eigenvalue weighted by Gasteiger charge is 2.23. The van der Waals surface area contributed by atoms with Gasteiger partial charge in [0.25, 0.3) is 5.69 Å². The smallest absolute Gasteiger partial charge is 0.269 e. The topological polar surface area (TPSA) is 99.1 Å². The Balaban J connectivity index is 2.16. The van der Waals surface area contributed by atoms with E-state index in [9.17, 15) is 10.1 Å². The Labute approximate surface area is 155 Å². The van der Waals surface area contributed by atoms with E-state index in [-0.39, 0.29) is 5.69 Å². The van der Waals surface area contributed by atoms with Gasteiger partial charge in [-0.15, -0.1) is 0 Å². The third-order valence-corrected chi connectivity index (χ3v) is 4.84. The van der Waals surface area contributed by atoms with Crippen molar-refractivity contribution in [1.82, 2.24) is 0 Å². The molecule has 1 aromatic heterocycles. The van der Waals surface area contributed by atoms with Crippen LogP contribution in [0.25, 0.3) is 32.9 Å². The normalized spacial score (nSPS) is 11.1. The Kier molecular flexibility index (Phi) is 3.88. The number of benzene rings is 3. The predicted molar refractivity (Wildman–Crippen MR) is 108 cm³/mol. The SMILES string of the molecule is CC[n+]1c(-c2ccc([N+](=O)[O-])cc2)c2cc(N)ccc2c2ccc(N)cc21. The number of nitrogen functional groups attached to an aromatic ring is 2. The maximum absolute atomic E-state index is 11.0. The van der Waals surface area contributed by atoms with Crippen LogP contribution in [-0.4, -0.2) is 4.92 Å². The van der Waals surface area contributed by atoms with Crippen molar-refractivity contribution in [2.75, 3.05) is 11.5 Å². The standard InChI is InChI=1S/C21H18N4O2/c1-2-24-20-12-15(23)6-10-18(20)17-9-5-14(22)11-19(17)21(24)13-3-7-16(8-4-13)25(26)27/h3-12,23H,2,22H2,1H3/p+1.